The van der Waals surface area contributed by atoms with E-state index in [-0.39, 0.29) is 24.1 Å². The number of nitrogens with one attached hydrogen (secondary N) is 3. The highest BCUT2D eigenvalue weighted by atomic mass is 16.5. The predicted octanol–water partition coefficient (Wildman–Crippen LogP) is 4.94. The second-order valence-electron chi connectivity index (χ2n) is 7.95. The Bertz CT molecular complexity index is 1180. The molecule has 8 nitrogen and oxygen atoms in total. The zero-order chi connectivity index (χ0) is 25.9. The zero-order valence-corrected chi connectivity index (χ0v) is 20.7. The summed E-state index contributed by atoms with van der Waals surface area (Å²) in [5.74, 6) is -0.0712. The molecule has 0 radical (unpaired) electrons. The molecule has 36 heavy (non-hydrogen) atoms. The lowest BCUT2D eigenvalue weighted by atomic mass is 10.0. The van der Waals surface area contributed by atoms with Gasteiger partial charge in [0.1, 0.15) is 11.5 Å². The van der Waals surface area contributed by atoms with Crippen LogP contribution in [0.15, 0.2) is 72.8 Å². The van der Waals surface area contributed by atoms with E-state index < -0.39 is 6.04 Å². The van der Waals surface area contributed by atoms with Gasteiger partial charge in [0.15, 0.2) is 0 Å². The Kier molecular flexibility index (Phi) is 9.45. The number of benzene rings is 3. The molecule has 0 aliphatic rings. The van der Waals surface area contributed by atoms with Gasteiger partial charge in [-0.15, -0.1) is 0 Å². The van der Waals surface area contributed by atoms with E-state index in [0.717, 1.165) is 5.56 Å². The molecule has 0 heterocycles. The Hall–Kier alpha value is -4.33. The maximum atomic E-state index is 13.0. The van der Waals surface area contributed by atoms with Crippen molar-refractivity contribution in [3.8, 4) is 11.5 Å². The molecule has 3 N–H and O–H groups in total. The number of carbonyl (C=O) groups excluding carboxylic acids is 3. The van der Waals surface area contributed by atoms with Gasteiger partial charge in [-0.2, -0.15) is 0 Å². The van der Waals surface area contributed by atoms with E-state index >= 15 is 0 Å². The average Bonchev–Trinajstić information content (AvgIpc) is 2.87. The lowest BCUT2D eigenvalue weighted by Crippen LogP contribution is -2.29. The van der Waals surface area contributed by atoms with Gasteiger partial charge in [-0.25, -0.2) is 0 Å². The predicted molar refractivity (Wildman–Crippen MR) is 139 cm³/mol. The average molecular weight is 490 g/mol. The molecular weight excluding hydrogens is 458 g/mol. The molecule has 3 aromatic carbocycles. The smallest absolute Gasteiger partial charge is 0.255 e. The maximum absolute atomic E-state index is 13.0. The third-order valence-corrected chi connectivity index (χ3v) is 5.21. The summed E-state index contributed by atoms with van der Waals surface area (Å²) in [5.41, 5.74) is 2.15. The molecule has 0 unspecified atom stereocenters. The van der Waals surface area contributed by atoms with Gasteiger partial charge >= 0.3 is 0 Å². The molecule has 0 saturated carbocycles. The molecule has 188 valence electrons. The van der Waals surface area contributed by atoms with Gasteiger partial charge in [-0.3, -0.25) is 14.4 Å². The van der Waals surface area contributed by atoms with Crippen LogP contribution in [0.2, 0.25) is 0 Å². The fourth-order valence-electron chi connectivity index (χ4n) is 3.66. The molecule has 0 spiro atoms. The van der Waals surface area contributed by atoms with Crippen molar-refractivity contribution in [3.05, 3.63) is 83.9 Å². The van der Waals surface area contributed by atoms with Crippen LogP contribution in [0.3, 0.4) is 0 Å². The standard InChI is InChI=1S/C28H31N3O5/c1-4-35-25-17-24(31-28(34)21-14-10-7-11-15-21)26(36-5-2)16-23(25)30-27(33)18-22(29-19(3)32)20-12-8-6-9-13-20/h6-17,22H,4-5,18H2,1-3H3,(H,29,32)(H,30,33)(H,31,34)/t22-/m0/s1. The Morgan fingerprint density at radius 3 is 1.83 bits per heavy atom. The summed E-state index contributed by atoms with van der Waals surface area (Å²) >= 11 is 0. The van der Waals surface area contributed by atoms with Crippen molar-refractivity contribution >= 4 is 29.1 Å². The molecular formula is C28H31N3O5. The van der Waals surface area contributed by atoms with E-state index in [2.05, 4.69) is 16.0 Å². The Morgan fingerprint density at radius 1 is 0.778 bits per heavy atom. The number of hydrogen-bond acceptors (Lipinski definition) is 5. The van der Waals surface area contributed by atoms with Gasteiger partial charge in [0.25, 0.3) is 5.91 Å². The molecule has 0 aliphatic carbocycles. The first-order chi connectivity index (χ1) is 17.4. The summed E-state index contributed by atoms with van der Waals surface area (Å²) in [5, 5.41) is 8.56. The van der Waals surface area contributed by atoms with E-state index in [0.29, 0.717) is 41.7 Å². The summed E-state index contributed by atoms with van der Waals surface area (Å²) < 4.78 is 11.5. The van der Waals surface area contributed by atoms with Crippen LogP contribution in [0.25, 0.3) is 0 Å². The fraction of sp³-hybridized carbons (Fsp3) is 0.250. The monoisotopic (exact) mass is 489 g/mol. The summed E-state index contributed by atoms with van der Waals surface area (Å²) in [6.45, 7) is 5.77. The SMILES string of the molecule is CCOc1cc(NC(=O)c2ccccc2)c(OCC)cc1NC(=O)C[C@H](NC(C)=O)c1ccccc1. The van der Waals surface area contributed by atoms with Crippen LogP contribution in [0, 0.1) is 0 Å². The van der Waals surface area contributed by atoms with Gasteiger partial charge < -0.3 is 25.4 Å². The van der Waals surface area contributed by atoms with Gasteiger partial charge in [0.05, 0.1) is 37.1 Å². The van der Waals surface area contributed by atoms with Crippen molar-refractivity contribution in [2.45, 2.75) is 33.2 Å². The number of carbonyl (C=O) groups is 3. The van der Waals surface area contributed by atoms with E-state index in [1.165, 1.54) is 6.92 Å². The van der Waals surface area contributed by atoms with Gasteiger partial charge in [0.2, 0.25) is 11.8 Å². The zero-order valence-electron chi connectivity index (χ0n) is 20.7. The number of anilines is 2. The summed E-state index contributed by atoms with van der Waals surface area (Å²) in [7, 11) is 0. The molecule has 0 saturated heterocycles. The fourth-order valence-corrected chi connectivity index (χ4v) is 3.66. The van der Waals surface area contributed by atoms with E-state index in [1.807, 2.05) is 50.2 Å². The Morgan fingerprint density at radius 2 is 1.31 bits per heavy atom. The highest BCUT2D eigenvalue weighted by Gasteiger charge is 2.20. The molecule has 1 atom stereocenters. The summed E-state index contributed by atoms with van der Waals surface area (Å²) in [6, 6.07) is 20.9. The second-order valence-corrected chi connectivity index (χ2v) is 7.95. The van der Waals surface area contributed by atoms with Crippen LogP contribution in [0.1, 0.15) is 49.2 Å². The van der Waals surface area contributed by atoms with Crippen molar-refractivity contribution in [2.24, 2.45) is 0 Å². The van der Waals surface area contributed by atoms with Crippen LogP contribution in [-0.4, -0.2) is 30.9 Å². The van der Waals surface area contributed by atoms with Crippen LogP contribution in [-0.2, 0) is 9.59 Å². The normalized spacial score (nSPS) is 11.2. The molecule has 3 aromatic rings. The van der Waals surface area contributed by atoms with Crippen molar-refractivity contribution in [3.63, 3.8) is 0 Å². The van der Waals surface area contributed by atoms with Crippen LogP contribution >= 0.6 is 0 Å². The number of amides is 3. The largest absolute Gasteiger partial charge is 0.492 e. The van der Waals surface area contributed by atoms with Crippen molar-refractivity contribution in [1.29, 1.82) is 0 Å². The third kappa shape index (κ3) is 7.33. The van der Waals surface area contributed by atoms with Crippen molar-refractivity contribution < 1.29 is 23.9 Å². The van der Waals surface area contributed by atoms with Crippen molar-refractivity contribution in [2.75, 3.05) is 23.8 Å². The lowest BCUT2D eigenvalue weighted by molar-refractivity contribution is -0.120. The minimum Gasteiger partial charge on any atom is -0.492 e. The summed E-state index contributed by atoms with van der Waals surface area (Å²) in [6.07, 6.45) is 0.0195. The van der Waals surface area contributed by atoms with E-state index in [9.17, 15) is 14.4 Å². The first kappa shape index (κ1) is 26.3. The molecule has 0 aromatic heterocycles. The third-order valence-electron chi connectivity index (χ3n) is 5.21. The molecule has 0 bridgehead atoms. The van der Waals surface area contributed by atoms with Crippen molar-refractivity contribution in [1.82, 2.24) is 5.32 Å². The highest BCUT2D eigenvalue weighted by molar-refractivity contribution is 6.05. The number of ether oxygens (including phenoxy) is 2. The second kappa shape index (κ2) is 12.9. The summed E-state index contributed by atoms with van der Waals surface area (Å²) in [4.78, 5) is 37.5. The first-order valence-corrected chi connectivity index (χ1v) is 11.8. The Balaban J connectivity index is 1.85. The molecule has 3 amide bonds. The minimum atomic E-state index is -0.491. The minimum absolute atomic E-state index is 0.0195. The maximum Gasteiger partial charge on any atom is 0.255 e. The molecule has 8 heteroatoms. The Labute approximate surface area is 211 Å². The number of rotatable bonds is 11. The molecule has 0 aliphatic heterocycles. The van der Waals surface area contributed by atoms with Gasteiger partial charge in [-0.05, 0) is 31.5 Å². The van der Waals surface area contributed by atoms with E-state index in [4.69, 9.17) is 9.47 Å². The van der Waals surface area contributed by atoms with E-state index in [1.54, 1.807) is 36.4 Å². The molecule has 3 rings (SSSR count). The van der Waals surface area contributed by atoms with Crippen LogP contribution in [0.4, 0.5) is 11.4 Å². The lowest BCUT2D eigenvalue weighted by Gasteiger charge is -2.20. The topological polar surface area (TPSA) is 106 Å². The number of hydrogen-bond donors (Lipinski definition) is 3. The molecule has 0 fully saturated rings. The van der Waals surface area contributed by atoms with Gasteiger partial charge in [0, 0.05) is 24.6 Å². The highest BCUT2D eigenvalue weighted by Crippen LogP contribution is 2.37. The van der Waals surface area contributed by atoms with Gasteiger partial charge in [-0.1, -0.05) is 48.5 Å². The van der Waals surface area contributed by atoms with Crippen LogP contribution in [0.5, 0.6) is 11.5 Å². The van der Waals surface area contributed by atoms with Crippen LogP contribution < -0.4 is 25.4 Å². The quantitative estimate of drug-likeness (QED) is 0.354. The first-order valence-electron chi connectivity index (χ1n) is 11.8.